The number of nitrogens with zero attached hydrogens (tertiary/aromatic N) is 5. The molecule has 2 atom stereocenters. The van der Waals surface area contributed by atoms with Gasteiger partial charge in [-0.3, -0.25) is 9.59 Å². The van der Waals surface area contributed by atoms with E-state index in [0.29, 0.717) is 19.0 Å². The fraction of sp³-hybridized carbons (Fsp3) is 0.500. The summed E-state index contributed by atoms with van der Waals surface area (Å²) >= 11 is 2.96. The summed E-state index contributed by atoms with van der Waals surface area (Å²) in [6.45, 7) is 6.65. The number of nitrogens with one attached hydrogen (secondary N) is 1. The van der Waals surface area contributed by atoms with E-state index in [4.69, 9.17) is 4.74 Å². The molecule has 1 aliphatic heterocycles. The standard InChI is InChI=1S/C22H28N6O3S2/c1-22(2,3)23-21(30)19(16-8-5-11-32-16)27(13-15-7-4-10-31-15)18(29)14-28-25-20(24-26-28)17-9-6-12-33-17/h5-6,8-9,11-12,15,19H,4,7,10,13-14H2,1-3H3,(H,23,30)/t15-,19-/m1/s1. The van der Waals surface area contributed by atoms with Gasteiger partial charge in [0.05, 0.1) is 11.0 Å². The Labute approximate surface area is 200 Å². The Morgan fingerprint density at radius 1 is 1.27 bits per heavy atom. The molecule has 0 aliphatic carbocycles. The Morgan fingerprint density at radius 2 is 2.06 bits per heavy atom. The monoisotopic (exact) mass is 488 g/mol. The van der Waals surface area contributed by atoms with Crippen LogP contribution in [0.4, 0.5) is 0 Å². The first-order valence-electron chi connectivity index (χ1n) is 10.9. The lowest BCUT2D eigenvalue weighted by Gasteiger charge is -2.34. The summed E-state index contributed by atoms with van der Waals surface area (Å²) in [6.07, 6.45) is 1.69. The number of tetrazole rings is 1. The van der Waals surface area contributed by atoms with Crippen LogP contribution in [-0.4, -0.2) is 61.7 Å². The predicted molar refractivity (Wildman–Crippen MR) is 127 cm³/mol. The van der Waals surface area contributed by atoms with E-state index in [9.17, 15) is 9.59 Å². The molecule has 33 heavy (non-hydrogen) atoms. The number of aromatic nitrogens is 4. The smallest absolute Gasteiger partial charge is 0.248 e. The molecule has 1 aliphatic rings. The largest absolute Gasteiger partial charge is 0.376 e. The minimum atomic E-state index is -0.763. The van der Waals surface area contributed by atoms with Crippen LogP contribution in [0.15, 0.2) is 35.0 Å². The maximum Gasteiger partial charge on any atom is 0.248 e. The number of rotatable bonds is 8. The van der Waals surface area contributed by atoms with Crippen molar-refractivity contribution >= 4 is 34.5 Å². The zero-order valence-electron chi connectivity index (χ0n) is 18.9. The van der Waals surface area contributed by atoms with Crippen LogP contribution >= 0.6 is 22.7 Å². The van der Waals surface area contributed by atoms with Crippen molar-refractivity contribution in [1.82, 2.24) is 30.4 Å². The van der Waals surface area contributed by atoms with Crippen LogP contribution in [0.3, 0.4) is 0 Å². The Hall–Kier alpha value is -2.63. The average Bonchev–Trinajstić information content (AvgIpc) is 3.54. The first-order chi connectivity index (χ1) is 15.8. The molecule has 11 heteroatoms. The van der Waals surface area contributed by atoms with Crippen molar-refractivity contribution < 1.29 is 14.3 Å². The average molecular weight is 489 g/mol. The molecule has 0 bridgehead atoms. The predicted octanol–water partition coefficient (Wildman–Crippen LogP) is 3.13. The van der Waals surface area contributed by atoms with Gasteiger partial charge >= 0.3 is 0 Å². The van der Waals surface area contributed by atoms with Gasteiger partial charge in [0.25, 0.3) is 0 Å². The maximum atomic E-state index is 13.6. The third-order valence-corrected chi connectivity index (χ3v) is 6.88. The van der Waals surface area contributed by atoms with E-state index >= 15 is 0 Å². The molecule has 9 nitrogen and oxygen atoms in total. The van der Waals surface area contributed by atoms with Crippen LogP contribution < -0.4 is 5.32 Å². The number of amides is 2. The summed E-state index contributed by atoms with van der Waals surface area (Å²) in [4.78, 5) is 31.5. The van der Waals surface area contributed by atoms with Crippen molar-refractivity contribution in [2.75, 3.05) is 13.2 Å². The van der Waals surface area contributed by atoms with Crippen molar-refractivity contribution in [3.63, 3.8) is 0 Å². The molecular formula is C22H28N6O3S2. The third kappa shape index (κ3) is 6.04. The molecule has 0 unspecified atom stereocenters. The first kappa shape index (κ1) is 23.5. The van der Waals surface area contributed by atoms with Gasteiger partial charge in [0.2, 0.25) is 17.6 Å². The van der Waals surface area contributed by atoms with E-state index in [0.717, 1.165) is 22.6 Å². The molecule has 2 amide bonds. The summed E-state index contributed by atoms with van der Waals surface area (Å²) in [5.41, 5.74) is -0.436. The Kier molecular flexibility index (Phi) is 7.20. The third-order valence-electron chi connectivity index (χ3n) is 5.09. The fourth-order valence-electron chi connectivity index (χ4n) is 3.69. The summed E-state index contributed by atoms with van der Waals surface area (Å²) in [6, 6.07) is 6.82. The molecule has 176 valence electrons. The lowest BCUT2D eigenvalue weighted by molar-refractivity contribution is -0.144. The molecule has 3 aromatic rings. The van der Waals surface area contributed by atoms with Crippen molar-refractivity contribution in [1.29, 1.82) is 0 Å². The van der Waals surface area contributed by atoms with Crippen LogP contribution in [0.2, 0.25) is 0 Å². The molecule has 4 rings (SSSR count). The van der Waals surface area contributed by atoms with Gasteiger partial charge in [0.15, 0.2) is 0 Å². The summed E-state index contributed by atoms with van der Waals surface area (Å²) in [5.74, 6) is -0.00558. The number of hydrogen-bond acceptors (Lipinski definition) is 8. The van der Waals surface area contributed by atoms with Crippen molar-refractivity contribution in [2.24, 2.45) is 0 Å². The molecule has 3 aromatic heterocycles. The number of hydrogen-bond donors (Lipinski definition) is 1. The highest BCUT2D eigenvalue weighted by atomic mass is 32.1. The van der Waals surface area contributed by atoms with Crippen molar-refractivity contribution in [3.05, 3.63) is 39.9 Å². The zero-order valence-corrected chi connectivity index (χ0v) is 20.6. The lowest BCUT2D eigenvalue weighted by Crippen LogP contribution is -2.51. The van der Waals surface area contributed by atoms with E-state index in [1.165, 1.54) is 27.5 Å². The molecule has 0 spiro atoms. The summed E-state index contributed by atoms with van der Waals surface area (Å²) < 4.78 is 5.81. The fourth-order valence-corrected chi connectivity index (χ4v) is 5.18. The Balaban J connectivity index is 1.60. The van der Waals surface area contributed by atoms with E-state index < -0.39 is 11.6 Å². The van der Waals surface area contributed by atoms with Crippen molar-refractivity contribution in [2.45, 2.75) is 57.8 Å². The topological polar surface area (TPSA) is 102 Å². The molecule has 1 N–H and O–H groups in total. The number of carbonyl (C=O) groups excluding carboxylic acids is 2. The van der Waals surface area contributed by atoms with E-state index in [2.05, 4.69) is 20.7 Å². The van der Waals surface area contributed by atoms with Gasteiger partial charge < -0.3 is 15.0 Å². The van der Waals surface area contributed by atoms with E-state index in [-0.39, 0.29) is 24.5 Å². The highest BCUT2D eigenvalue weighted by molar-refractivity contribution is 7.13. The van der Waals surface area contributed by atoms with Gasteiger partial charge in [-0.05, 0) is 61.7 Å². The van der Waals surface area contributed by atoms with Crippen LogP contribution in [0.5, 0.6) is 0 Å². The lowest BCUT2D eigenvalue weighted by atomic mass is 10.1. The van der Waals surface area contributed by atoms with Gasteiger partial charge in [0.1, 0.15) is 12.6 Å². The van der Waals surface area contributed by atoms with Gasteiger partial charge in [-0.25, -0.2) is 0 Å². The molecular weight excluding hydrogens is 460 g/mol. The molecule has 0 radical (unpaired) electrons. The number of carbonyl (C=O) groups is 2. The second kappa shape index (κ2) is 10.1. The Morgan fingerprint density at radius 3 is 2.70 bits per heavy atom. The minimum Gasteiger partial charge on any atom is -0.376 e. The number of ether oxygens (including phenoxy) is 1. The second-order valence-corrected chi connectivity index (χ2v) is 10.9. The highest BCUT2D eigenvalue weighted by Crippen LogP contribution is 2.29. The maximum absolute atomic E-state index is 13.6. The van der Waals surface area contributed by atoms with E-state index in [1.807, 2.05) is 55.8 Å². The van der Waals surface area contributed by atoms with Gasteiger partial charge in [-0.1, -0.05) is 12.1 Å². The molecule has 4 heterocycles. The second-order valence-electron chi connectivity index (χ2n) is 8.96. The quantitative estimate of drug-likeness (QED) is 0.523. The molecule has 0 saturated carbocycles. The molecule has 1 saturated heterocycles. The molecule has 1 fully saturated rings. The molecule has 0 aromatic carbocycles. The summed E-state index contributed by atoms with van der Waals surface area (Å²) in [5, 5.41) is 19.4. The normalized spacial score (nSPS) is 17.1. The van der Waals surface area contributed by atoms with Crippen LogP contribution in [0, 0.1) is 0 Å². The van der Waals surface area contributed by atoms with Crippen molar-refractivity contribution in [3.8, 4) is 10.7 Å². The Bertz CT molecular complexity index is 1050. The highest BCUT2D eigenvalue weighted by Gasteiger charge is 2.36. The zero-order chi connectivity index (χ0) is 23.4. The van der Waals surface area contributed by atoms with Crippen LogP contribution in [0.25, 0.3) is 10.7 Å². The van der Waals surface area contributed by atoms with Gasteiger partial charge in [-0.2, -0.15) is 4.80 Å². The minimum absolute atomic E-state index is 0.107. The number of thiophene rings is 2. The first-order valence-corrected chi connectivity index (χ1v) is 12.6. The van der Waals surface area contributed by atoms with Crippen LogP contribution in [-0.2, 0) is 20.9 Å². The van der Waals surface area contributed by atoms with Gasteiger partial charge in [0, 0.05) is 23.6 Å². The summed E-state index contributed by atoms with van der Waals surface area (Å²) in [7, 11) is 0. The van der Waals surface area contributed by atoms with E-state index in [1.54, 1.807) is 4.90 Å². The van der Waals surface area contributed by atoms with Gasteiger partial charge in [-0.15, -0.1) is 32.9 Å². The SMILES string of the molecule is CC(C)(C)NC(=O)[C@@H](c1cccs1)N(C[C@H]1CCCO1)C(=O)Cn1nnc(-c2cccs2)n1. The van der Waals surface area contributed by atoms with Crippen LogP contribution in [0.1, 0.15) is 44.5 Å².